The average Bonchev–Trinajstić information content (AvgIpc) is 2.76. The van der Waals surface area contributed by atoms with Crippen LogP contribution in [0.3, 0.4) is 0 Å². The Morgan fingerprint density at radius 1 is 1.53 bits per heavy atom. The van der Waals surface area contributed by atoms with Gasteiger partial charge in [-0.2, -0.15) is 0 Å². The van der Waals surface area contributed by atoms with E-state index in [4.69, 9.17) is 4.42 Å². The fourth-order valence-corrected chi connectivity index (χ4v) is 2.31. The van der Waals surface area contributed by atoms with Gasteiger partial charge in [0, 0.05) is 12.6 Å². The summed E-state index contributed by atoms with van der Waals surface area (Å²) in [6, 6.07) is 3.54. The van der Waals surface area contributed by atoms with E-state index < -0.39 is 0 Å². The van der Waals surface area contributed by atoms with E-state index >= 15 is 0 Å². The van der Waals surface area contributed by atoms with Crippen molar-refractivity contribution in [3.05, 3.63) is 18.4 Å². The molecule has 1 saturated heterocycles. The molecule has 1 fully saturated rings. The van der Waals surface area contributed by atoms with E-state index in [2.05, 4.69) is 19.2 Å². The highest BCUT2D eigenvalue weighted by Gasteiger charge is 2.35. The molecular formula is C13H20N2O2. The van der Waals surface area contributed by atoms with Gasteiger partial charge in [0.25, 0.3) is 0 Å². The molecule has 1 aliphatic rings. The Morgan fingerprint density at radius 3 is 2.88 bits per heavy atom. The lowest BCUT2D eigenvalue weighted by molar-refractivity contribution is -0.120. The van der Waals surface area contributed by atoms with Gasteiger partial charge in [0.05, 0.1) is 12.3 Å². The molecule has 1 unspecified atom stereocenters. The number of hydrogen-bond donors (Lipinski definition) is 1. The first-order valence-electron chi connectivity index (χ1n) is 6.06. The molecule has 1 aliphatic heterocycles. The molecule has 1 atom stereocenters. The van der Waals surface area contributed by atoms with Gasteiger partial charge in [-0.25, -0.2) is 0 Å². The third-order valence-corrected chi connectivity index (χ3v) is 3.38. The van der Waals surface area contributed by atoms with Crippen LogP contribution in [0.4, 0.5) is 5.88 Å². The number of likely N-dealkylation sites (N-methyl/N-ethyl adjacent to an activating group) is 1. The van der Waals surface area contributed by atoms with Crippen molar-refractivity contribution in [2.24, 2.45) is 5.41 Å². The van der Waals surface area contributed by atoms with E-state index in [0.29, 0.717) is 12.4 Å². The van der Waals surface area contributed by atoms with Crippen LogP contribution in [0.25, 0.3) is 0 Å². The van der Waals surface area contributed by atoms with Crippen LogP contribution in [0.1, 0.15) is 26.7 Å². The smallest absolute Gasteiger partial charge is 0.246 e. The van der Waals surface area contributed by atoms with Gasteiger partial charge in [0.15, 0.2) is 0 Å². The summed E-state index contributed by atoms with van der Waals surface area (Å²) in [5.74, 6) is 0.748. The zero-order valence-corrected chi connectivity index (χ0v) is 10.7. The summed E-state index contributed by atoms with van der Waals surface area (Å²) in [6.45, 7) is 5.08. The maximum absolute atomic E-state index is 12.4. The first-order chi connectivity index (χ1) is 8.03. The molecule has 94 valence electrons. The van der Waals surface area contributed by atoms with Crippen molar-refractivity contribution in [2.75, 3.05) is 18.5 Å². The fraction of sp³-hybridized carbons (Fsp3) is 0.615. The summed E-state index contributed by atoms with van der Waals surface area (Å²) >= 11 is 0. The van der Waals surface area contributed by atoms with Gasteiger partial charge in [0.1, 0.15) is 0 Å². The molecule has 4 nitrogen and oxygen atoms in total. The minimum absolute atomic E-state index is 0.105. The van der Waals surface area contributed by atoms with Crippen LogP contribution in [0.15, 0.2) is 22.8 Å². The van der Waals surface area contributed by atoms with Crippen LogP contribution in [0, 0.1) is 5.41 Å². The number of anilines is 1. The molecule has 0 aromatic carbocycles. The Balaban J connectivity index is 2.29. The first kappa shape index (κ1) is 12.2. The second kappa shape index (κ2) is 4.53. The second-order valence-electron chi connectivity index (χ2n) is 5.42. The standard InChI is InChI=1S/C13H20N2O2/c1-13(2)7-6-10(14-3)12(16)15(9-13)11-5-4-8-17-11/h4-5,8,10,14H,6-7,9H2,1-3H3. The predicted octanol–water partition coefficient (Wildman–Crippen LogP) is 2.02. The van der Waals surface area contributed by atoms with E-state index in [9.17, 15) is 4.79 Å². The number of nitrogens with one attached hydrogen (secondary N) is 1. The number of hydrogen-bond acceptors (Lipinski definition) is 3. The van der Waals surface area contributed by atoms with Gasteiger partial charge >= 0.3 is 0 Å². The largest absolute Gasteiger partial charge is 0.448 e. The molecule has 17 heavy (non-hydrogen) atoms. The van der Waals surface area contributed by atoms with Gasteiger partial charge in [-0.1, -0.05) is 13.8 Å². The van der Waals surface area contributed by atoms with Gasteiger partial charge in [-0.15, -0.1) is 0 Å². The van der Waals surface area contributed by atoms with E-state index in [0.717, 1.165) is 12.8 Å². The molecule has 1 amide bonds. The highest BCUT2D eigenvalue weighted by atomic mass is 16.3. The van der Waals surface area contributed by atoms with E-state index in [-0.39, 0.29) is 17.4 Å². The van der Waals surface area contributed by atoms with Crippen molar-refractivity contribution in [3.8, 4) is 0 Å². The molecule has 1 aromatic heterocycles. The zero-order valence-electron chi connectivity index (χ0n) is 10.7. The molecule has 1 aromatic rings. The molecule has 2 rings (SSSR count). The minimum atomic E-state index is -0.109. The molecule has 4 heteroatoms. The first-order valence-corrected chi connectivity index (χ1v) is 6.06. The fourth-order valence-electron chi connectivity index (χ4n) is 2.31. The number of nitrogens with zero attached hydrogens (tertiary/aromatic N) is 1. The second-order valence-corrected chi connectivity index (χ2v) is 5.42. The third-order valence-electron chi connectivity index (χ3n) is 3.38. The van der Waals surface area contributed by atoms with Crippen molar-refractivity contribution < 1.29 is 9.21 Å². The quantitative estimate of drug-likeness (QED) is 0.854. The van der Waals surface area contributed by atoms with Crippen molar-refractivity contribution in [2.45, 2.75) is 32.7 Å². The average molecular weight is 236 g/mol. The van der Waals surface area contributed by atoms with Crippen molar-refractivity contribution >= 4 is 11.8 Å². The Labute approximate surface area is 102 Å². The Bertz CT molecular complexity index is 384. The van der Waals surface area contributed by atoms with Crippen LogP contribution in [-0.4, -0.2) is 25.5 Å². The number of furan rings is 1. The van der Waals surface area contributed by atoms with Crippen LogP contribution >= 0.6 is 0 Å². The lowest BCUT2D eigenvalue weighted by Crippen LogP contribution is -2.45. The maximum Gasteiger partial charge on any atom is 0.246 e. The van der Waals surface area contributed by atoms with Gasteiger partial charge in [-0.3, -0.25) is 9.69 Å². The number of amides is 1. The number of carbonyl (C=O) groups excluding carboxylic acids is 1. The summed E-state index contributed by atoms with van der Waals surface area (Å²) in [5, 5.41) is 3.09. The molecule has 0 radical (unpaired) electrons. The van der Waals surface area contributed by atoms with Gasteiger partial charge < -0.3 is 9.73 Å². The van der Waals surface area contributed by atoms with Crippen LogP contribution in [-0.2, 0) is 4.79 Å². The predicted molar refractivity (Wildman–Crippen MR) is 66.9 cm³/mol. The summed E-state index contributed by atoms with van der Waals surface area (Å²) in [5.41, 5.74) is 0.119. The van der Waals surface area contributed by atoms with E-state index in [1.54, 1.807) is 11.2 Å². The van der Waals surface area contributed by atoms with Crippen LogP contribution < -0.4 is 10.2 Å². The van der Waals surface area contributed by atoms with Gasteiger partial charge in [-0.05, 0) is 31.4 Å². The zero-order chi connectivity index (χ0) is 12.5. The lowest BCUT2D eigenvalue weighted by atomic mass is 9.87. The number of carbonyl (C=O) groups is 1. The summed E-state index contributed by atoms with van der Waals surface area (Å²) in [7, 11) is 1.83. The summed E-state index contributed by atoms with van der Waals surface area (Å²) in [6.07, 6.45) is 3.51. The monoisotopic (exact) mass is 236 g/mol. The van der Waals surface area contributed by atoms with Crippen LogP contribution in [0.5, 0.6) is 0 Å². The van der Waals surface area contributed by atoms with Gasteiger partial charge in [0.2, 0.25) is 11.8 Å². The normalized spacial score (nSPS) is 24.8. The highest BCUT2D eigenvalue weighted by molar-refractivity contribution is 5.96. The molecule has 2 heterocycles. The molecular weight excluding hydrogens is 216 g/mol. The minimum Gasteiger partial charge on any atom is -0.448 e. The summed E-state index contributed by atoms with van der Waals surface area (Å²) < 4.78 is 5.36. The molecule has 0 saturated carbocycles. The van der Waals surface area contributed by atoms with E-state index in [1.165, 1.54) is 0 Å². The lowest BCUT2D eigenvalue weighted by Gasteiger charge is -2.28. The number of rotatable bonds is 2. The Morgan fingerprint density at radius 2 is 2.29 bits per heavy atom. The molecule has 0 aliphatic carbocycles. The van der Waals surface area contributed by atoms with Crippen molar-refractivity contribution in [1.29, 1.82) is 0 Å². The molecule has 0 bridgehead atoms. The highest BCUT2D eigenvalue weighted by Crippen LogP contribution is 2.31. The Kier molecular flexibility index (Phi) is 3.24. The van der Waals surface area contributed by atoms with Crippen LogP contribution in [0.2, 0.25) is 0 Å². The summed E-state index contributed by atoms with van der Waals surface area (Å²) in [4.78, 5) is 14.1. The Hall–Kier alpha value is -1.29. The molecule has 0 spiro atoms. The third kappa shape index (κ3) is 2.52. The van der Waals surface area contributed by atoms with Crippen molar-refractivity contribution in [1.82, 2.24) is 5.32 Å². The maximum atomic E-state index is 12.4. The SMILES string of the molecule is CNC1CCC(C)(C)CN(c2ccco2)C1=O. The topological polar surface area (TPSA) is 45.5 Å². The van der Waals surface area contributed by atoms with Crippen molar-refractivity contribution in [3.63, 3.8) is 0 Å². The molecule has 1 N–H and O–H groups in total. The van der Waals surface area contributed by atoms with E-state index in [1.807, 2.05) is 19.2 Å².